The van der Waals surface area contributed by atoms with Crippen LogP contribution in [0.1, 0.15) is 5.82 Å². The van der Waals surface area contributed by atoms with E-state index in [0.717, 1.165) is 35.9 Å². The molecule has 0 spiro atoms. The first kappa shape index (κ1) is 12.5. The van der Waals surface area contributed by atoms with Crippen molar-refractivity contribution in [3.63, 3.8) is 0 Å². The number of aromatic nitrogens is 4. The van der Waals surface area contributed by atoms with Gasteiger partial charge >= 0.3 is 0 Å². The van der Waals surface area contributed by atoms with Crippen LogP contribution in [-0.4, -0.2) is 26.9 Å². The zero-order valence-electron chi connectivity index (χ0n) is 11.3. The molecule has 1 N–H and O–H groups in total. The summed E-state index contributed by atoms with van der Waals surface area (Å²) >= 11 is 0. The summed E-state index contributed by atoms with van der Waals surface area (Å²) < 4.78 is 7.26. The van der Waals surface area contributed by atoms with Crippen LogP contribution in [0.2, 0.25) is 0 Å². The molecule has 1 aromatic carbocycles. The van der Waals surface area contributed by atoms with E-state index < -0.39 is 0 Å². The summed E-state index contributed by atoms with van der Waals surface area (Å²) in [7, 11) is 1.65. The van der Waals surface area contributed by atoms with Crippen LogP contribution in [0.3, 0.4) is 0 Å². The minimum Gasteiger partial charge on any atom is -0.497 e. The Hall–Kier alpha value is -2.56. The maximum atomic E-state index is 5.14. The highest BCUT2D eigenvalue weighted by atomic mass is 16.5. The molecule has 0 aliphatic carbocycles. The maximum Gasteiger partial charge on any atom is 0.181 e. The standard InChI is InChI=1S/C15H16N4O/c1-20-13-6-4-12(5-7-13)15-16-14(17-18-15)8-11-19-9-2-3-10-19/h2-7,9-10H,8,11H2,1H3,(H,16,17,18). The van der Waals surface area contributed by atoms with E-state index in [0.29, 0.717) is 0 Å². The molecule has 3 rings (SSSR count). The molecule has 2 heterocycles. The van der Waals surface area contributed by atoms with E-state index in [4.69, 9.17) is 4.74 Å². The van der Waals surface area contributed by atoms with Crippen molar-refractivity contribution in [3.8, 4) is 17.1 Å². The highest BCUT2D eigenvalue weighted by Gasteiger charge is 2.06. The van der Waals surface area contributed by atoms with Gasteiger partial charge in [0.05, 0.1) is 7.11 Å². The van der Waals surface area contributed by atoms with Gasteiger partial charge in [-0.25, -0.2) is 4.98 Å². The third-order valence-corrected chi connectivity index (χ3v) is 3.15. The fraction of sp³-hybridized carbons (Fsp3) is 0.200. The first-order valence-electron chi connectivity index (χ1n) is 6.51. The number of methoxy groups -OCH3 is 1. The molecule has 0 unspecified atom stereocenters. The van der Waals surface area contributed by atoms with Gasteiger partial charge in [0.15, 0.2) is 5.82 Å². The predicted molar refractivity (Wildman–Crippen MR) is 76.5 cm³/mol. The summed E-state index contributed by atoms with van der Waals surface area (Å²) in [6.45, 7) is 0.893. The molecule has 0 aliphatic heterocycles. The Kier molecular flexibility index (Phi) is 3.50. The van der Waals surface area contributed by atoms with Crippen LogP contribution in [-0.2, 0) is 13.0 Å². The molecule has 0 fully saturated rings. The van der Waals surface area contributed by atoms with Crippen LogP contribution in [0.25, 0.3) is 11.4 Å². The molecule has 0 amide bonds. The number of rotatable bonds is 5. The average molecular weight is 268 g/mol. The van der Waals surface area contributed by atoms with Crippen molar-refractivity contribution in [2.45, 2.75) is 13.0 Å². The van der Waals surface area contributed by atoms with Gasteiger partial charge in [-0.1, -0.05) is 0 Å². The maximum absolute atomic E-state index is 5.14. The third-order valence-electron chi connectivity index (χ3n) is 3.15. The van der Waals surface area contributed by atoms with E-state index in [-0.39, 0.29) is 0 Å². The van der Waals surface area contributed by atoms with E-state index in [1.54, 1.807) is 7.11 Å². The Balaban J connectivity index is 1.69. The van der Waals surface area contributed by atoms with Crippen molar-refractivity contribution < 1.29 is 4.74 Å². The molecular weight excluding hydrogens is 252 g/mol. The number of hydrogen-bond donors (Lipinski definition) is 1. The monoisotopic (exact) mass is 268 g/mol. The van der Waals surface area contributed by atoms with E-state index in [1.165, 1.54) is 0 Å². The number of aromatic amines is 1. The lowest BCUT2D eigenvalue weighted by Crippen LogP contribution is -1.99. The van der Waals surface area contributed by atoms with Crippen molar-refractivity contribution in [1.29, 1.82) is 0 Å². The quantitative estimate of drug-likeness (QED) is 0.773. The van der Waals surface area contributed by atoms with Crippen molar-refractivity contribution in [3.05, 3.63) is 54.6 Å². The third kappa shape index (κ3) is 2.71. The predicted octanol–water partition coefficient (Wildman–Crippen LogP) is 2.52. The van der Waals surface area contributed by atoms with E-state index in [2.05, 4.69) is 19.7 Å². The molecule has 20 heavy (non-hydrogen) atoms. The zero-order chi connectivity index (χ0) is 13.8. The number of ether oxygens (including phenoxy) is 1. The second kappa shape index (κ2) is 5.61. The van der Waals surface area contributed by atoms with Gasteiger partial charge in [0.1, 0.15) is 11.6 Å². The smallest absolute Gasteiger partial charge is 0.181 e. The topological polar surface area (TPSA) is 55.7 Å². The normalized spacial score (nSPS) is 10.7. The Labute approximate surface area is 117 Å². The molecule has 0 radical (unpaired) electrons. The Bertz CT molecular complexity index is 656. The van der Waals surface area contributed by atoms with E-state index >= 15 is 0 Å². The van der Waals surface area contributed by atoms with Crippen LogP contribution in [0.5, 0.6) is 5.75 Å². The Morgan fingerprint density at radius 1 is 1.15 bits per heavy atom. The van der Waals surface area contributed by atoms with Crippen molar-refractivity contribution in [2.24, 2.45) is 0 Å². The Morgan fingerprint density at radius 3 is 2.60 bits per heavy atom. The molecule has 3 aromatic rings. The number of nitrogens with zero attached hydrogens (tertiary/aromatic N) is 3. The molecule has 5 heteroatoms. The summed E-state index contributed by atoms with van der Waals surface area (Å²) in [5, 5.41) is 7.25. The highest BCUT2D eigenvalue weighted by Crippen LogP contribution is 2.19. The number of hydrogen-bond acceptors (Lipinski definition) is 3. The SMILES string of the molecule is COc1ccc(-c2n[nH]c(CCn3cccc3)n2)cc1. The first-order valence-corrected chi connectivity index (χ1v) is 6.51. The lowest BCUT2D eigenvalue weighted by atomic mass is 10.2. The summed E-state index contributed by atoms with van der Waals surface area (Å²) in [6.07, 6.45) is 4.92. The lowest BCUT2D eigenvalue weighted by Gasteiger charge is -2.00. The lowest BCUT2D eigenvalue weighted by molar-refractivity contribution is 0.415. The molecule has 0 saturated heterocycles. The van der Waals surface area contributed by atoms with Gasteiger partial charge in [-0.05, 0) is 36.4 Å². The molecule has 0 atom stereocenters. The van der Waals surface area contributed by atoms with Crippen LogP contribution in [0.15, 0.2) is 48.8 Å². The van der Waals surface area contributed by atoms with Gasteiger partial charge in [0.2, 0.25) is 0 Å². The summed E-state index contributed by atoms with van der Waals surface area (Å²) in [4.78, 5) is 4.51. The largest absolute Gasteiger partial charge is 0.497 e. The zero-order valence-corrected chi connectivity index (χ0v) is 11.3. The van der Waals surface area contributed by atoms with Gasteiger partial charge in [0, 0.05) is 30.9 Å². The molecule has 0 saturated carbocycles. The number of aryl methyl sites for hydroxylation is 2. The molecule has 0 aliphatic rings. The average Bonchev–Trinajstić information content (AvgIpc) is 3.17. The van der Waals surface area contributed by atoms with Crippen LogP contribution in [0, 0.1) is 0 Å². The molecular formula is C15H16N4O. The van der Waals surface area contributed by atoms with Gasteiger partial charge in [-0.15, -0.1) is 0 Å². The number of benzene rings is 1. The van der Waals surface area contributed by atoms with Gasteiger partial charge in [0.25, 0.3) is 0 Å². The van der Waals surface area contributed by atoms with Crippen LogP contribution >= 0.6 is 0 Å². The minimum atomic E-state index is 0.718. The number of H-pyrrole nitrogens is 1. The fourth-order valence-electron chi connectivity index (χ4n) is 2.03. The summed E-state index contributed by atoms with van der Waals surface area (Å²) in [5.41, 5.74) is 0.981. The second-order valence-corrected chi connectivity index (χ2v) is 4.51. The second-order valence-electron chi connectivity index (χ2n) is 4.51. The van der Waals surface area contributed by atoms with Crippen molar-refractivity contribution in [1.82, 2.24) is 19.7 Å². The molecule has 5 nitrogen and oxygen atoms in total. The Morgan fingerprint density at radius 2 is 1.90 bits per heavy atom. The van der Waals surface area contributed by atoms with E-state index in [9.17, 15) is 0 Å². The molecule has 0 bridgehead atoms. The van der Waals surface area contributed by atoms with Crippen molar-refractivity contribution >= 4 is 0 Å². The van der Waals surface area contributed by atoms with Gasteiger partial charge in [-0.3, -0.25) is 5.10 Å². The van der Waals surface area contributed by atoms with E-state index in [1.807, 2.05) is 48.8 Å². The summed E-state index contributed by atoms with van der Waals surface area (Å²) in [5.74, 6) is 2.44. The van der Waals surface area contributed by atoms with Gasteiger partial charge in [-0.2, -0.15) is 5.10 Å². The minimum absolute atomic E-state index is 0.718. The number of nitrogens with one attached hydrogen (secondary N) is 1. The van der Waals surface area contributed by atoms with Crippen LogP contribution in [0.4, 0.5) is 0 Å². The van der Waals surface area contributed by atoms with Gasteiger partial charge < -0.3 is 9.30 Å². The molecule has 2 aromatic heterocycles. The highest BCUT2D eigenvalue weighted by molar-refractivity contribution is 5.55. The van der Waals surface area contributed by atoms with Crippen molar-refractivity contribution in [2.75, 3.05) is 7.11 Å². The first-order chi connectivity index (χ1) is 9.85. The van der Waals surface area contributed by atoms with Crippen LogP contribution < -0.4 is 4.74 Å². The fourth-order valence-corrected chi connectivity index (χ4v) is 2.03. The summed E-state index contributed by atoms with van der Waals surface area (Å²) in [6, 6.07) is 11.8. The molecule has 102 valence electrons.